The van der Waals surface area contributed by atoms with Crippen LogP contribution in [0.25, 0.3) is 0 Å². The summed E-state index contributed by atoms with van der Waals surface area (Å²) < 4.78 is 5.03. The van der Waals surface area contributed by atoms with Gasteiger partial charge in [-0.3, -0.25) is 14.4 Å². The molecule has 0 aromatic heterocycles. The van der Waals surface area contributed by atoms with E-state index in [0.717, 1.165) is 0 Å². The maximum absolute atomic E-state index is 12.8. The summed E-state index contributed by atoms with van der Waals surface area (Å²) >= 11 is 0. The number of carbonyl (C=O) groups is 3. The molecule has 0 radical (unpaired) electrons. The number of esters is 1. The van der Waals surface area contributed by atoms with Crippen LogP contribution in [0.1, 0.15) is 39.1 Å². The van der Waals surface area contributed by atoms with Gasteiger partial charge in [-0.1, -0.05) is 54.6 Å². The van der Waals surface area contributed by atoms with Crippen molar-refractivity contribution < 1.29 is 24.2 Å². The topological polar surface area (TPSA) is 80.7 Å². The molecule has 1 unspecified atom stereocenters. The Bertz CT molecular complexity index is 775. The number of benzene rings is 2. The fourth-order valence-corrected chi connectivity index (χ4v) is 3.07. The van der Waals surface area contributed by atoms with Gasteiger partial charge in [0.05, 0.1) is 6.61 Å². The molecule has 0 fully saturated rings. The standard InChI is InChI=1S/C19H16O5/c1-2-24-18(22)15(12-8-4-3-5-9-12)19(23)16(20)13-10-6-7-11-14(13)17(19)21/h3-11,15,23H,2H2,1H3. The molecule has 3 rings (SSSR count). The van der Waals surface area contributed by atoms with Crippen molar-refractivity contribution in [2.24, 2.45) is 0 Å². The highest BCUT2D eigenvalue weighted by molar-refractivity contribution is 6.33. The number of rotatable bonds is 4. The van der Waals surface area contributed by atoms with Crippen molar-refractivity contribution in [3.8, 4) is 0 Å². The van der Waals surface area contributed by atoms with Gasteiger partial charge < -0.3 is 9.84 Å². The van der Waals surface area contributed by atoms with Gasteiger partial charge in [-0.05, 0) is 12.5 Å². The molecule has 0 saturated heterocycles. The molecule has 0 saturated carbocycles. The first-order valence-electron chi connectivity index (χ1n) is 7.64. The van der Waals surface area contributed by atoms with E-state index in [2.05, 4.69) is 0 Å². The van der Waals surface area contributed by atoms with Crippen LogP contribution in [0, 0.1) is 0 Å². The first-order chi connectivity index (χ1) is 11.5. The largest absolute Gasteiger partial charge is 0.465 e. The van der Waals surface area contributed by atoms with Crippen molar-refractivity contribution in [3.63, 3.8) is 0 Å². The molecule has 0 bridgehead atoms. The highest BCUT2D eigenvalue weighted by Crippen LogP contribution is 2.40. The second kappa shape index (κ2) is 6.02. The zero-order chi connectivity index (χ0) is 17.3. The molecule has 1 aliphatic carbocycles. The fourth-order valence-electron chi connectivity index (χ4n) is 3.07. The number of aliphatic hydroxyl groups is 1. The molecule has 1 N–H and O–H groups in total. The van der Waals surface area contributed by atoms with Crippen LogP contribution in [0.15, 0.2) is 54.6 Å². The second-order valence-electron chi connectivity index (χ2n) is 5.57. The Kier molecular flexibility index (Phi) is 4.03. The minimum absolute atomic E-state index is 0.0770. The quantitative estimate of drug-likeness (QED) is 0.688. The van der Waals surface area contributed by atoms with Gasteiger partial charge in [-0.2, -0.15) is 0 Å². The van der Waals surface area contributed by atoms with Crippen LogP contribution in [0.2, 0.25) is 0 Å². The predicted octanol–water partition coefficient (Wildman–Crippen LogP) is 2.14. The molecule has 5 heteroatoms. The van der Waals surface area contributed by atoms with Gasteiger partial charge in [-0.15, -0.1) is 0 Å². The normalized spacial score (nSPS) is 16.6. The fraction of sp³-hybridized carbons (Fsp3) is 0.211. The third-order valence-electron chi connectivity index (χ3n) is 4.18. The van der Waals surface area contributed by atoms with Gasteiger partial charge in [0.1, 0.15) is 5.92 Å². The van der Waals surface area contributed by atoms with E-state index in [1.165, 1.54) is 12.1 Å². The highest BCUT2D eigenvalue weighted by Gasteiger charge is 2.60. The number of Topliss-reactive ketones (excluding diaryl/α,β-unsaturated/α-hetero) is 2. The average molecular weight is 324 g/mol. The van der Waals surface area contributed by atoms with Crippen LogP contribution in [-0.4, -0.2) is 34.9 Å². The number of hydrogen-bond acceptors (Lipinski definition) is 5. The van der Waals surface area contributed by atoms with E-state index < -0.39 is 29.1 Å². The van der Waals surface area contributed by atoms with Crippen molar-refractivity contribution in [2.75, 3.05) is 6.61 Å². The number of carbonyl (C=O) groups excluding carboxylic acids is 3. The van der Waals surface area contributed by atoms with Crippen LogP contribution >= 0.6 is 0 Å². The Labute approximate surface area is 138 Å². The smallest absolute Gasteiger partial charge is 0.317 e. The van der Waals surface area contributed by atoms with Gasteiger partial charge in [0.25, 0.3) is 0 Å². The number of ketones is 2. The van der Waals surface area contributed by atoms with Gasteiger partial charge >= 0.3 is 5.97 Å². The molecule has 2 aromatic rings. The summed E-state index contributed by atoms with van der Waals surface area (Å²) in [6, 6.07) is 14.4. The Balaban J connectivity index is 2.16. The van der Waals surface area contributed by atoms with Crippen molar-refractivity contribution >= 4 is 17.5 Å². The van der Waals surface area contributed by atoms with Gasteiger partial charge in [0, 0.05) is 11.1 Å². The predicted molar refractivity (Wildman–Crippen MR) is 85.9 cm³/mol. The molecular weight excluding hydrogens is 308 g/mol. The van der Waals surface area contributed by atoms with Crippen LogP contribution < -0.4 is 0 Å². The van der Waals surface area contributed by atoms with Crippen LogP contribution in [-0.2, 0) is 9.53 Å². The van der Waals surface area contributed by atoms with Gasteiger partial charge in [0.15, 0.2) is 0 Å². The van der Waals surface area contributed by atoms with E-state index in [4.69, 9.17) is 4.74 Å². The third-order valence-corrected chi connectivity index (χ3v) is 4.18. The van der Waals surface area contributed by atoms with Crippen molar-refractivity contribution in [2.45, 2.75) is 18.4 Å². The van der Waals surface area contributed by atoms with Crippen molar-refractivity contribution in [3.05, 3.63) is 71.3 Å². The number of ether oxygens (including phenoxy) is 1. The number of hydrogen-bond donors (Lipinski definition) is 1. The molecule has 0 amide bonds. The second-order valence-corrected chi connectivity index (χ2v) is 5.57. The monoisotopic (exact) mass is 324 g/mol. The Morgan fingerprint density at radius 3 is 2.00 bits per heavy atom. The molecule has 122 valence electrons. The molecular formula is C19H16O5. The summed E-state index contributed by atoms with van der Waals surface area (Å²) in [6.07, 6.45) is 0. The van der Waals surface area contributed by atoms with E-state index in [0.29, 0.717) is 5.56 Å². The lowest BCUT2D eigenvalue weighted by Crippen LogP contribution is -2.50. The number of fused-ring (bicyclic) bond motifs is 1. The molecule has 0 heterocycles. The minimum Gasteiger partial charge on any atom is -0.465 e. The van der Waals surface area contributed by atoms with Crippen LogP contribution in [0.4, 0.5) is 0 Å². The first-order valence-corrected chi connectivity index (χ1v) is 7.64. The Morgan fingerprint density at radius 1 is 1.00 bits per heavy atom. The van der Waals surface area contributed by atoms with Crippen LogP contribution in [0.3, 0.4) is 0 Å². The Hall–Kier alpha value is -2.79. The van der Waals surface area contributed by atoms with E-state index in [1.54, 1.807) is 49.4 Å². The first kappa shape index (κ1) is 16.1. The van der Waals surface area contributed by atoms with Crippen molar-refractivity contribution in [1.82, 2.24) is 0 Å². The van der Waals surface area contributed by atoms with E-state index in [-0.39, 0.29) is 17.7 Å². The Morgan fingerprint density at radius 2 is 1.50 bits per heavy atom. The lowest BCUT2D eigenvalue weighted by molar-refractivity contribution is -0.148. The van der Waals surface area contributed by atoms with E-state index in [1.807, 2.05) is 0 Å². The molecule has 0 aliphatic heterocycles. The van der Waals surface area contributed by atoms with E-state index in [9.17, 15) is 19.5 Å². The minimum atomic E-state index is -2.49. The van der Waals surface area contributed by atoms with Gasteiger partial charge in [-0.25, -0.2) is 0 Å². The highest BCUT2D eigenvalue weighted by atomic mass is 16.5. The molecule has 2 aromatic carbocycles. The zero-order valence-corrected chi connectivity index (χ0v) is 13.1. The van der Waals surface area contributed by atoms with E-state index >= 15 is 0 Å². The summed E-state index contributed by atoms with van der Waals surface area (Å²) in [7, 11) is 0. The maximum Gasteiger partial charge on any atom is 0.317 e. The SMILES string of the molecule is CCOC(=O)C(c1ccccc1)C1(O)C(=O)c2ccccc2C1=O. The lowest BCUT2D eigenvalue weighted by Gasteiger charge is -2.28. The van der Waals surface area contributed by atoms with Crippen molar-refractivity contribution in [1.29, 1.82) is 0 Å². The summed E-state index contributed by atoms with van der Waals surface area (Å²) in [6.45, 7) is 1.70. The zero-order valence-electron chi connectivity index (χ0n) is 13.1. The summed E-state index contributed by atoms with van der Waals surface area (Å²) in [4.78, 5) is 38.0. The average Bonchev–Trinajstić information content (AvgIpc) is 2.79. The summed E-state index contributed by atoms with van der Waals surface area (Å²) in [5.74, 6) is -3.76. The summed E-state index contributed by atoms with van der Waals surface area (Å²) in [5, 5.41) is 11.1. The molecule has 24 heavy (non-hydrogen) atoms. The molecule has 1 aliphatic rings. The maximum atomic E-state index is 12.8. The molecule has 0 spiro atoms. The third kappa shape index (κ3) is 2.25. The lowest BCUT2D eigenvalue weighted by atomic mass is 9.78. The molecule has 1 atom stereocenters. The summed E-state index contributed by atoms with van der Waals surface area (Å²) in [5.41, 5.74) is -1.89. The van der Waals surface area contributed by atoms with Crippen LogP contribution in [0.5, 0.6) is 0 Å². The van der Waals surface area contributed by atoms with Gasteiger partial charge in [0.2, 0.25) is 17.2 Å². The molecule has 5 nitrogen and oxygen atoms in total.